The van der Waals surface area contributed by atoms with Gasteiger partial charge in [-0.15, -0.1) is 0 Å². The molecule has 0 aliphatic heterocycles. The molecule has 5 aromatic carbocycles. The number of rotatable bonds is 13. The molecule has 256 valence electrons. The second-order valence-electron chi connectivity index (χ2n) is 11.1. The minimum atomic E-state index is -0.674. The average molecular weight is 681 g/mol. The highest BCUT2D eigenvalue weighted by molar-refractivity contribution is 6.05. The van der Waals surface area contributed by atoms with Crippen LogP contribution in [0, 0.1) is 0 Å². The van der Waals surface area contributed by atoms with Crippen LogP contribution < -0.4 is 25.1 Å². The van der Waals surface area contributed by atoms with Crippen LogP contribution in [-0.4, -0.2) is 43.1 Å². The molecule has 2 amide bonds. The van der Waals surface area contributed by atoms with Gasteiger partial charge in [-0.1, -0.05) is 66.7 Å². The number of hydrazone groups is 1. The number of hydrogen-bond donors (Lipinski definition) is 2. The molecule has 0 aliphatic carbocycles. The molecule has 0 unspecified atom stereocenters. The molecule has 2 N–H and O–H groups in total. The largest absolute Gasteiger partial charge is 0.419 e. The third-order valence-electron chi connectivity index (χ3n) is 7.63. The van der Waals surface area contributed by atoms with Crippen molar-refractivity contribution >= 4 is 41.7 Å². The Bertz CT molecular complexity index is 2030. The molecular formula is C41H36N4O6. The fourth-order valence-electron chi connectivity index (χ4n) is 4.94. The van der Waals surface area contributed by atoms with Gasteiger partial charge < -0.3 is 19.7 Å². The van der Waals surface area contributed by atoms with Crippen molar-refractivity contribution in [1.82, 2.24) is 10.7 Å². The molecule has 5 rings (SSSR count). The number of esters is 2. The van der Waals surface area contributed by atoms with E-state index in [1.165, 1.54) is 18.3 Å². The van der Waals surface area contributed by atoms with E-state index >= 15 is 0 Å². The predicted molar refractivity (Wildman–Crippen MR) is 197 cm³/mol. The lowest BCUT2D eigenvalue weighted by Gasteiger charge is -2.21. The van der Waals surface area contributed by atoms with E-state index in [1.807, 2.05) is 24.3 Å². The number of anilines is 1. The molecule has 0 fully saturated rings. The molecule has 5 aromatic rings. The summed E-state index contributed by atoms with van der Waals surface area (Å²) >= 11 is 0. The van der Waals surface area contributed by atoms with E-state index in [1.54, 1.807) is 103 Å². The maximum atomic E-state index is 13.4. The Morgan fingerprint density at radius 1 is 0.627 bits per heavy atom. The molecule has 10 heteroatoms. The van der Waals surface area contributed by atoms with E-state index in [4.69, 9.17) is 9.47 Å². The third kappa shape index (κ3) is 9.86. The van der Waals surface area contributed by atoms with Gasteiger partial charge in [0.2, 0.25) is 0 Å². The Morgan fingerprint density at radius 2 is 1.14 bits per heavy atom. The SMILES string of the molecule is CCN(CC)c1ccc(/C=C(/NC(=O)c2ccccc2)C(=O)NN=Cc2ccc(OC(=O)c3ccccc3)c(OC(=O)c3ccccc3)c2)cc1. The van der Waals surface area contributed by atoms with Crippen molar-refractivity contribution in [1.29, 1.82) is 0 Å². The summed E-state index contributed by atoms with van der Waals surface area (Å²) in [4.78, 5) is 54.4. The number of hydrogen-bond acceptors (Lipinski definition) is 8. The van der Waals surface area contributed by atoms with Crippen LogP contribution in [0.5, 0.6) is 11.5 Å². The molecule has 0 atom stereocenters. The summed E-state index contributed by atoms with van der Waals surface area (Å²) in [5, 5.41) is 6.78. The van der Waals surface area contributed by atoms with Crippen LogP contribution in [0.1, 0.15) is 56.0 Å². The fourth-order valence-corrected chi connectivity index (χ4v) is 4.94. The summed E-state index contributed by atoms with van der Waals surface area (Å²) < 4.78 is 11.2. The fraction of sp³-hybridized carbons (Fsp3) is 0.0976. The third-order valence-corrected chi connectivity index (χ3v) is 7.63. The first-order valence-corrected chi connectivity index (χ1v) is 16.3. The molecule has 51 heavy (non-hydrogen) atoms. The normalized spacial score (nSPS) is 11.1. The maximum Gasteiger partial charge on any atom is 0.343 e. The van der Waals surface area contributed by atoms with Gasteiger partial charge in [0.25, 0.3) is 11.8 Å². The minimum absolute atomic E-state index is 0.00942. The number of nitrogens with zero attached hydrogens (tertiary/aromatic N) is 2. The van der Waals surface area contributed by atoms with Crippen LogP contribution in [0.25, 0.3) is 6.08 Å². The number of carbonyl (C=O) groups is 4. The summed E-state index contributed by atoms with van der Waals surface area (Å²) in [7, 11) is 0. The predicted octanol–water partition coefficient (Wildman–Crippen LogP) is 6.89. The number of carbonyl (C=O) groups excluding carboxylic acids is 4. The lowest BCUT2D eigenvalue weighted by atomic mass is 10.1. The van der Waals surface area contributed by atoms with Crippen LogP contribution in [0.3, 0.4) is 0 Å². The number of benzene rings is 5. The zero-order valence-electron chi connectivity index (χ0n) is 28.1. The minimum Gasteiger partial charge on any atom is -0.419 e. The van der Waals surface area contributed by atoms with Gasteiger partial charge >= 0.3 is 11.9 Å². The topological polar surface area (TPSA) is 126 Å². The van der Waals surface area contributed by atoms with E-state index in [2.05, 4.69) is 34.6 Å². The first-order chi connectivity index (χ1) is 24.8. The summed E-state index contributed by atoms with van der Waals surface area (Å²) in [5.74, 6) is -2.47. The molecule has 0 saturated heterocycles. The smallest absolute Gasteiger partial charge is 0.343 e. The second kappa shape index (κ2) is 17.5. The Kier molecular flexibility index (Phi) is 12.2. The van der Waals surface area contributed by atoms with Crippen LogP contribution in [0.2, 0.25) is 0 Å². The zero-order chi connectivity index (χ0) is 36.0. The maximum absolute atomic E-state index is 13.4. The summed E-state index contributed by atoms with van der Waals surface area (Å²) in [5.41, 5.74) is 5.56. The highest BCUT2D eigenvalue weighted by Gasteiger charge is 2.18. The van der Waals surface area contributed by atoms with Crippen molar-refractivity contribution in [2.45, 2.75) is 13.8 Å². The van der Waals surface area contributed by atoms with E-state index < -0.39 is 23.8 Å². The molecule has 0 radical (unpaired) electrons. The molecule has 0 spiro atoms. The summed E-state index contributed by atoms with van der Waals surface area (Å²) in [6.45, 7) is 5.85. The van der Waals surface area contributed by atoms with E-state index in [-0.39, 0.29) is 17.2 Å². The van der Waals surface area contributed by atoms with E-state index in [0.717, 1.165) is 18.8 Å². The van der Waals surface area contributed by atoms with Crippen molar-refractivity contribution in [3.63, 3.8) is 0 Å². The Balaban J connectivity index is 1.37. The highest BCUT2D eigenvalue weighted by Crippen LogP contribution is 2.30. The Hall–Kier alpha value is -6.81. The molecule has 0 heterocycles. The van der Waals surface area contributed by atoms with Gasteiger partial charge in [-0.2, -0.15) is 5.10 Å². The van der Waals surface area contributed by atoms with Gasteiger partial charge in [0, 0.05) is 24.3 Å². The number of nitrogens with one attached hydrogen (secondary N) is 2. The Morgan fingerprint density at radius 3 is 1.69 bits per heavy atom. The molecule has 0 aromatic heterocycles. The van der Waals surface area contributed by atoms with Crippen LogP contribution in [0.4, 0.5) is 5.69 Å². The van der Waals surface area contributed by atoms with Crippen molar-refractivity contribution < 1.29 is 28.7 Å². The van der Waals surface area contributed by atoms with Crippen LogP contribution in [-0.2, 0) is 4.79 Å². The number of amides is 2. The van der Waals surface area contributed by atoms with Crippen molar-refractivity contribution in [3.05, 3.63) is 167 Å². The van der Waals surface area contributed by atoms with E-state index in [9.17, 15) is 19.2 Å². The lowest BCUT2D eigenvalue weighted by Crippen LogP contribution is -2.32. The highest BCUT2D eigenvalue weighted by atomic mass is 16.6. The van der Waals surface area contributed by atoms with Crippen molar-refractivity contribution in [2.75, 3.05) is 18.0 Å². The summed E-state index contributed by atoms with van der Waals surface area (Å²) in [6.07, 6.45) is 2.89. The van der Waals surface area contributed by atoms with E-state index in [0.29, 0.717) is 27.8 Å². The van der Waals surface area contributed by atoms with Gasteiger partial charge in [0.05, 0.1) is 17.3 Å². The van der Waals surface area contributed by atoms with Crippen molar-refractivity contribution in [3.8, 4) is 11.5 Å². The van der Waals surface area contributed by atoms with Crippen LogP contribution >= 0.6 is 0 Å². The molecule has 10 nitrogen and oxygen atoms in total. The molecule has 0 aliphatic rings. The second-order valence-corrected chi connectivity index (χ2v) is 11.1. The molecule has 0 saturated carbocycles. The monoisotopic (exact) mass is 680 g/mol. The van der Waals surface area contributed by atoms with Crippen molar-refractivity contribution in [2.24, 2.45) is 5.10 Å². The van der Waals surface area contributed by atoms with Gasteiger partial charge in [0.1, 0.15) is 5.70 Å². The first-order valence-electron chi connectivity index (χ1n) is 16.3. The summed E-state index contributed by atoms with van der Waals surface area (Å²) in [6, 6.07) is 37.4. The first kappa shape index (κ1) is 35.5. The lowest BCUT2D eigenvalue weighted by molar-refractivity contribution is -0.117. The molecular weight excluding hydrogens is 644 g/mol. The van der Waals surface area contributed by atoms with Gasteiger partial charge in [0.15, 0.2) is 11.5 Å². The van der Waals surface area contributed by atoms with Gasteiger partial charge in [-0.25, -0.2) is 15.0 Å². The zero-order valence-corrected chi connectivity index (χ0v) is 28.1. The number of ether oxygens (including phenoxy) is 2. The average Bonchev–Trinajstić information content (AvgIpc) is 3.17. The quantitative estimate of drug-likeness (QED) is 0.0456. The Labute approximate surface area is 296 Å². The van der Waals surface area contributed by atoms with Crippen LogP contribution in [0.15, 0.2) is 144 Å². The van der Waals surface area contributed by atoms with Gasteiger partial charge in [-0.05, 0) is 97.8 Å². The van der Waals surface area contributed by atoms with Gasteiger partial charge in [-0.3, -0.25) is 9.59 Å². The standard InChI is InChI=1S/C41H36N4O6/c1-3-45(4-2)34-23-20-29(21-24-34)26-35(43-38(46)31-14-8-5-9-15-31)39(47)44-42-28-30-22-25-36(50-40(48)32-16-10-6-11-17-32)37(27-30)51-41(49)33-18-12-7-13-19-33/h5-28H,3-4H2,1-2H3,(H,43,46)(H,44,47)/b35-26+,42-28?. The molecule has 0 bridgehead atoms.